The normalized spacial score (nSPS) is 10.1. The third kappa shape index (κ3) is 3.08. The fourth-order valence-electron chi connectivity index (χ4n) is 2.39. The SMILES string of the molecule is CC(=O)c1ccc2c(c1)c1ccccc1n2C.NNC(N)=S. The summed E-state index contributed by atoms with van der Waals surface area (Å²) in [6, 6.07) is 14.2. The van der Waals surface area contributed by atoms with E-state index in [0.717, 1.165) is 16.5 Å². The standard InChI is InChI=1S/C15H13NO.CH5N3S/c1-10(17)11-7-8-15-13(9-11)12-5-3-4-6-14(12)16(15)2;2-1(5)4-3/h3-9H,1-2H3;3H2,(H3,2,4,5). The molecule has 0 saturated heterocycles. The van der Waals surface area contributed by atoms with Gasteiger partial charge in [-0.25, -0.2) is 5.84 Å². The fourth-order valence-corrected chi connectivity index (χ4v) is 2.39. The number of fused-ring (bicyclic) bond motifs is 3. The number of para-hydroxylation sites is 1. The van der Waals surface area contributed by atoms with Gasteiger partial charge in [-0.05, 0) is 43.4 Å². The molecule has 5 N–H and O–H groups in total. The molecule has 22 heavy (non-hydrogen) atoms. The molecule has 1 aromatic heterocycles. The van der Waals surface area contributed by atoms with Crippen molar-refractivity contribution < 1.29 is 4.79 Å². The van der Waals surface area contributed by atoms with Gasteiger partial charge in [0.25, 0.3) is 0 Å². The maximum Gasteiger partial charge on any atom is 0.177 e. The van der Waals surface area contributed by atoms with E-state index in [0.29, 0.717) is 0 Å². The summed E-state index contributed by atoms with van der Waals surface area (Å²) >= 11 is 4.24. The van der Waals surface area contributed by atoms with Crippen LogP contribution in [0.3, 0.4) is 0 Å². The number of nitrogens with two attached hydrogens (primary N) is 2. The summed E-state index contributed by atoms with van der Waals surface area (Å²) in [5, 5.41) is 2.47. The Morgan fingerprint density at radius 2 is 1.73 bits per heavy atom. The zero-order chi connectivity index (χ0) is 16.3. The Balaban J connectivity index is 0.000000309. The number of benzene rings is 2. The molecule has 5 nitrogen and oxygen atoms in total. The van der Waals surface area contributed by atoms with E-state index >= 15 is 0 Å². The number of rotatable bonds is 1. The van der Waals surface area contributed by atoms with Gasteiger partial charge in [0.15, 0.2) is 10.9 Å². The molecule has 0 aliphatic carbocycles. The molecule has 0 atom stereocenters. The zero-order valence-electron chi connectivity index (χ0n) is 12.5. The van der Waals surface area contributed by atoms with E-state index in [9.17, 15) is 4.79 Å². The van der Waals surface area contributed by atoms with Gasteiger partial charge in [0, 0.05) is 34.4 Å². The Bertz CT molecular complexity index is 854. The maximum atomic E-state index is 11.4. The van der Waals surface area contributed by atoms with Crippen molar-refractivity contribution in [1.29, 1.82) is 0 Å². The third-order valence-electron chi connectivity index (χ3n) is 3.46. The van der Waals surface area contributed by atoms with E-state index in [1.165, 1.54) is 10.9 Å². The van der Waals surface area contributed by atoms with Crippen molar-refractivity contribution in [2.45, 2.75) is 6.92 Å². The Morgan fingerprint density at radius 1 is 1.14 bits per heavy atom. The molecule has 6 heteroatoms. The summed E-state index contributed by atoms with van der Waals surface area (Å²) in [5.74, 6) is 4.77. The Morgan fingerprint density at radius 3 is 2.32 bits per heavy atom. The number of carbonyl (C=O) groups is 1. The van der Waals surface area contributed by atoms with Gasteiger partial charge in [-0.1, -0.05) is 18.2 Å². The average molecular weight is 314 g/mol. The molecule has 0 spiro atoms. The lowest BCUT2D eigenvalue weighted by molar-refractivity contribution is 0.101. The second-order valence-corrected chi connectivity index (χ2v) is 5.31. The molecule has 3 rings (SSSR count). The molecule has 0 aliphatic rings. The van der Waals surface area contributed by atoms with Crippen LogP contribution < -0.4 is 17.0 Å². The lowest BCUT2D eigenvalue weighted by Crippen LogP contribution is -2.34. The van der Waals surface area contributed by atoms with Gasteiger partial charge in [-0.2, -0.15) is 0 Å². The van der Waals surface area contributed by atoms with Crippen LogP contribution in [-0.4, -0.2) is 15.5 Å². The van der Waals surface area contributed by atoms with Crippen molar-refractivity contribution in [3.05, 3.63) is 48.0 Å². The first-order valence-corrected chi connectivity index (χ1v) is 7.10. The van der Waals surface area contributed by atoms with Crippen molar-refractivity contribution in [1.82, 2.24) is 9.99 Å². The van der Waals surface area contributed by atoms with Crippen LogP contribution in [0.4, 0.5) is 0 Å². The number of thiocarbonyl (C=S) groups is 1. The highest BCUT2D eigenvalue weighted by Crippen LogP contribution is 2.28. The van der Waals surface area contributed by atoms with Crippen LogP contribution in [0.25, 0.3) is 21.8 Å². The van der Waals surface area contributed by atoms with Crippen molar-refractivity contribution in [2.24, 2.45) is 18.6 Å². The number of hydrogen-bond donors (Lipinski definition) is 3. The van der Waals surface area contributed by atoms with E-state index in [4.69, 9.17) is 5.73 Å². The topological polar surface area (TPSA) is 86.1 Å². The minimum absolute atomic E-state index is 0.111. The third-order valence-corrected chi connectivity index (χ3v) is 3.58. The van der Waals surface area contributed by atoms with E-state index in [2.05, 4.69) is 41.8 Å². The van der Waals surface area contributed by atoms with Gasteiger partial charge < -0.3 is 15.7 Å². The number of carbonyl (C=O) groups excluding carboxylic acids is 1. The Labute approximate surface area is 133 Å². The molecule has 1 heterocycles. The van der Waals surface area contributed by atoms with Gasteiger partial charge in [0.2, 0.25) is 0 Å². The van der Waals surface area contributed by atoms with Crippen molar-refractivity contribution in [2.75, 3.05) is 0 Å². The molecule has 0 amide bonds. The number of aromatic nitrogens is 1. The van der Waals surface area contributed by atoms with E-state index in [1.807, 2.05) is 35.8 Å². The second kappa shape index (κ2) is 6.55. The van der Waals surface area contributed by atoms with Crippen LogP contribution in [0.5, 0.6) is 0 Å². The van der Waals surface area contributed by atoms with Gasteiger partial charge in [0.1, 0.15) is 0 Å². The Kier molecular flexibility index (Phi) is 4.75. The predicted molar refractivity (Wildman–Crippen MR) is 94.5 cm³/mol. The van der Waals surface area contributed by atoms with Crippen molar-refractivity contribution >= 4 is 44.9 Å². The lowest BCUT2D eigenvalue weighted by Gasteiger charge is -1.98. The Hall–Kier alpha value is -2.44. The molecule has 114 valence electrons. The molecule has 0 saturated carbocycles. The highest BCUT2D eigenvalue weighted by Gasteiger charge is 2.09. The number of hydrazine groups is 1. The average Bonchev–Trinajstić information content (AvgIpc) is 2.81. The smallest absolute Gasteiger partial charge is 0.177 e. The summed E-state index contributed by atoms with van der Waals surface area (Å²) in [4.78, 5) is 11.4. The molecule has 0 bridgehead atoms. The summed E-state index contributed by atoms with van der Waals surface area (Å²) in [6.45, 7) is 1.60. The minimum atomic E-state index is 0.111. The maximum absolute atomic E-state index is 11.4. The predicted octanol–water partition coefficient (Wildman–Crippen LogP) is 2.23. The number of Topliss-reactive ketones (excluding diaryl/α,β-unsaturated/α-hetero) is 1. The van der Waals surface area contributed by atoms with Crippen LogP contribution >= 0.6 is 12.2 Å². The first-order valence-electron chi connectivity index (χ1n) is 6.70. The molecular formula is C16H18N4OS. The number of aryl methyl sites for hydroxylation is 1. The van der Waals surface area contributed by atoms with Crippen LogP contribution in [0.2, 0.25) is 0 Å². The molecule has 0 fully saturated rings. The van der Waals surface area contributed by atoms with Gasteiger partial charge in [-0.15, -0.1) is 0 Å². The number of hydrogen-bond acceptors (Lipinski definition) is 3. The summed E-state index contributed by atoms with van der Waals surface area (Å²) in [7, 11) is 2.05. The molecule has 2 aromatic carbocycles. The van der Waals surface area contributed by atoms with Crippen LogP contribution in [-0.2, 0) is 7.05 Å². The number of nitrogens with one attached hydrogen (secondary N) is 1. The van der Waals surface area contributed by atoms with Gasteiger partial charge in [-0.3, -0.25) is 4.79 Å². The molecule has 0 radical (unpaired) electrons. The fraction of sp³-hybridized carbons (Fsp3) is 0.125. The molecular weight excluding hydrogens is 296 g/mol. The lowest BCUT2D eigenvalue weighted by atomic mass is 10.1. The largest absolute Gasteiger partial charge is 0.375 e. The molecule has 3 aromatic rings. The summed E-state index contributed by atoms with van der Waals surface area (Å²) in [6.07, 6.45) is 0. The van der Waals surface area contributed by atoms with Crippen LogP contribution in [0.1, 0.15) is 17.3 Å². The summed E-state index contributed by atoms with van der Waals surface area (Å²) < 4.78 is 2.16. The highest BCUT2D eigenvalue weighted by atomic mass is 32.1. The summed E-state index contributed by atoms with van der Waals surface area (Å²) in [5.41, 5.74) is 9.96. The first kappa shape index (κ1) is 15.9. The van der Waals surface area contributed by atoms with E-state index in [1.54, 1.807) is 6.92 Å². The second-order valence-electron chi connectivity index (χ2n) is 4.87. The minimum Gasteiger partial charge on any atom is -0.375 e. The van der Waals surface area contributed by atoms with Crippen molar-refractivity contribution in [3.8, 4) is 0 Å². The zero-order valence-corrected chi connectivity index (χ0v) is 13.3. The van der Waals surface area contributed by atoms with E-state index < -0.39 is 0 Å². The highest BCUT2D eigenvalue weighted by molar-refractivity contribution is 7.80. The monoisotopic (exact) mass is 314 g/mol. The van der Waals surface area contributed by atoms with Crippen molar-refractivity contribution in [3.63, 3.8) is 0 Å². The number of ketones is 1. The van der Waals surface area contributed by atoms with Crippen LogP contribution in [0, 0.1) is 0 Å². The molecule has 0 unspecified atom stereocenters. The van der Waals surface area contributed by atoms with Crippen LogP contribution in [0.15, 0.2) is 42.5 Å². The van der Waals surface area contributed by atoms with Gasteiger partial charge >= 0.3 is 0 Å². The molecule has 0 aliphatic heterocycles. The quantitative estimate of drug-likeness (QED) is 0.277. The first-order chi connectivity index (χ1) is 10.5. The van der Waals surface area contributed by atoms with Gasteiger partial charge in [0.05, 0.1) is 0 Å². The number of nitrogens with zero attached hydrogens (tertiary/aromatic N) is 1. The van der Waals surface area contributed by atoms with E-state index in [-0.39, 0.29) is 10.9 Å².